The van der Waals surface area contributed by atoms with E-state index in [1.807, 2.05) is 11.8 Å². The molecule has 0 atom stereocenters. The van der Waals surface area contributed by atoms with E-state index in [0.29, 0.717) is 18.8 Å². The molecular formula is C22H22F2N2O4S. The highest BCUT2D eigenvalue weighted by Crippen LogP contribution is 2.37. The van der Waals surface area contributed by atoms with Gasteiger partial charge in [-0.2, -0.15) is 8.78 Å². The molecule has 0 saturated heterocycles. The summed E-state index contributed by atoms with van der Waals surface area (Å²) >= 11 is 1.48. The van der Waals surface area contributed by atoms with Crippen molar-refractivity contribution in [2.24, 2.45) is 0 Å². The van der Waals surface area contributed by atoms with E-state index in [9.17, 15) is 13.6 Å². The lowest BCUT2D eigenvalue weighted by Gasteiger charge is -2.26. The minimum Gasteiger partial charge on any atom is -0.490 e. The zero-order valence-electron chi connectivity index (χ0n) is 16.8. The van der Waals surface area contributed by atoms with E-state index in [2.05, 4.69) is 9.72 Å². The molecule has 1 aromatic heterocycles. The number of rotatable bonds is 11. The van der Waals surface area contributed by atoms with Crippen molar-refractivity contribution in [2.75, 3.05) is 11.5 Å². The Morgan fingerprint density at radius 1 is 1.16 bits per heavy atom. The SMILES string of the molecule is CCCCOc1cc(N(Cc2cncs2)c2ccc(C(=O)O)cc2)ccc1OC(F)F. The summed E-state index contributed by atoms with van der Waals surface area (Å²) in [5.41, 5.74) is 3.32. The van der Waals surface area contributed by atoms with Crippen LogP contribution in [0.2, 0.25) is 0 Å². The van der Waals surface area contributed by atoms with E-state index in [4.69, 9.17) is 9.84 Å². The maximum Gasteiger partial charge on any atom is 0.387 e. The highest BCUT2D eigenvalue weighted by Gasteiger charge is 2.17. The fourth-order valence-corrected chi connectivity index (χ4v) is 3.47. The number of halogens is 2. The normalized spacial score (nSPS) is 10.8. The molecule has 6 nitrogen and oxygen atoms in total. The topological polar surface area (TPSA) is 71.9 Å². The molecule has 31 heavy (non-hydrogen) atoms. The van der Waals surface area contributed by atoms with Gasteiger partial charge in [0.15, 0.2) is 11.5 Å². The first-order valence-corrected chi connectivity index (χ1v) is 10.6. The summed E-state index contributed by atoms with van der Waals surface area (Å²) in [7, 11) is 0. The van der Waals surface area contributed by atoms with Crippen LogP contribution in [0.3, 0.4) is 0 Å². The highest BCUT2D eigenvalue weighted by atomic mass is 32.1. The lowest BCUT2D eigenvalue weighted by atomic mass is 10.1. The van der Waals surface area contributed by atoms with Gasteiger partial charge in [0.1, 0.15) is 0 Å². The number of anilines is 2. The second kappa shape index (κ2) is 10.7. The summed E-state index contributed by atoms with van der Waals surface area (Å²) in [4.78, 5) is 18.2. The van der Waals surface area contributed by atoms with Gasteiger partial charge in [-0.15, -0.1) is 11.3 Å². The Kier molecular flexibility index (Phi) is 7.77. The summed E-state index contributed by atoms with van der Waals surface area (Å²) in [6, 6.07) is 11.2. The Morgan fingerprint density at radius 3 is 2.52 bits per heavy atom. The van der Waals surface area contributed by atoms with Gasteiger partial charge in [0, 0.05) is 28.5 Å². The van der Waals surface area contributed by atoms with E-state index in [1.165, 1.54) is 29.5 Å². The van der Waals surface area contributed by atoms with Crippen molar-refractivity contribution in [2.45, 2.75) is 32.9 Å². The third-order valence-corrected chi connectivity index (χ3v) is 5.20. The Hall–Kier alpha value is -3.20. The van der Waals surface area contributed by atoms with E-state index in [1.54, 1.807) is 36.0 Å². The lowest BCUT2D eigenvalue weighted by Crippen LogP contribution is -2.16. The van der Waals surface area contributed by atoms with Gasteiger partial charge in [-0.05, 0) is 42.8 Å². The number of carboxylic acids is 1. The zero-order chi connectivity index (χ0) is 22.2. The molecule has 0 fully saturated rings. The first kappa shape index (κ1) is 22.5. The summed E-state index contributed by atoms with van der Waals surface area (Å²) in [6.07, 6.45) is 3.42. The maximum absolute atomic E-state index is 12.8. The second-order valence-corrected chi connectivity index (χ2v) is 7.59. The molecule has 3 rings (SSSR count). The van der Waals surface area contributed by atoms with Crippen molar-refractivity contribution < 1.29 is 28.2 Å². The Bertz CT molecular complexity index is 982. The van der Waals surface area contributed by atoms with Gasteiger partial charge in [0.2, 0.25) is 0 Å². The number of carboxylic acid groups (broad SMARTS) is 1. The monoisotopic (exact) mass is 448 g/mol. The molecule has 0 unspecified atom stereocenters. The van der Waals surface area contributed by atoms with Crippen LogP contribution < -0.4 is 14.4 Å². The Balaban J connectivity index is 1.98. The summed E-state index contributed by atoms with van der Waals surface area (Å²) in [5, 5.41) is 9.17. The number of aromatic carboxylic acids is 1. The third kappa shape index (κ3) is 6.14. The second-order valence-electron chi connectivity index (χ2n) is 6.62. The van der Waals surface area contributed by atoms with Crippen LogP contribution in [0.4, 0.5) is 20.2 Å². The van der Waals surface area contributed by atoms with E-state index < -0.39 is 12.6 Å². The minimum absolute atomic E-state index is 0.0335. The molecule has 3 aromatic rings. The lowest BCUT2D eigenvalue weighted by molar-refractivity contribution is -0.0515. The van der Waals surface area contributed by atoms with Crippen LogP contribution in [-0.4, -0.2) is 29.3 Å². The van der Waals surface area contributed by atoms with E-state index in [0.717, 1.165) is 23.4 Å². The zero-order valence-corrected chi connectivity index (χ0v) is 17.6. The van der Waals surface area contributed by atoms with Crippen LogP contribution in [-0.2, 0) is 6.54 Å². The first-order chi connectivity index (χ1) is 15.0. The molecular weight excluding hydrogens is 426 g/mol. The van der Waals surface area contributed by atoms with Gasteiger partial charge in [0.05, 0.1) is 24.2 Å². The first-order valence-electron chi connectivity index (χ1n) is 9.68. The molecule has 0 saturated carbocycles. The number of unbranched alkanes of at least 4 members (excludes halogenated alkanes) is 1. The largest absolute Gasteiger partial charge is 0.490 e. The molecule has 0 spiro atoms. The summed E-state index contributed by atoms with van der Waals surface area (Å²) in [5.74, 6) is -0.822. The Labute approximate surface area is 182 Å². The fraction of sp³-hybridized carbons (Fsp3) is 0.273. The molecule has 0 amide bonds. The molecule has 0 aliphatic carbocycles. The van der Waals surface area contributed by atoms with E-state index >= 15 is 0 Å². The number of aromatic nitrogens is 1. The van der Waals surface area contributed by atoms with Gasteiger partial charge in [-0.1, -0.05) is 13.3 Å². The minimum atomic E-state index is -2.96. The van der Waals surface area contributed by atoms with Gasteiger partial charge in [-0.3, -0.25) is 4.98 Å². The van der Waals surface area contributed by atoms with Gasteiger partial charge >= 0.3 is 12.6 Å². The van der Waals surface area contributed by atoms with Crippen LogP contribution in [0.15, 0.2) is 54.2 Å². The predicted octanol–water partition coefficient (Wildman–Crippen LogP) is 5.96. The van der Waals surface area contributed by atoms with Crippen LogP contribution in [0.1, 0.15) is 35.0 Å². The van der Waals surface area contributed by atoms with Crippen molar-refractivity contribution >= 4 is 28.7 Å². The maximum atomic E-state index is 12.8. The average Bonchev–Trinajstić information content (AvgIpc) is 3.26. The smallest absolute Gasteiger partial charge is 0.387 e. The van der Waals surface area contributed by atoms with Crippen molar-refractivity contribution in [1.29, 1.82) is 0 Å². The summed E-state index contributed by atoms with van der Waals surface area (Å²) < 4.78 is 36.0. The average molecular weight is 448 g/mol. The van der Waals surface area contributed by atoms with Crippen LogP contribution in [0, 0.1) is 0 Å². The number of alkyl halides is 2. The number of hydrogen-bond acceptors (Lipinski definition) is 6. The van der Waals surface area contributed by atoms with Crippen LogP contribution in [0.5, 0.6) is 11.5 Å². The molecule has 1 N–H and O–H groups in total. The summed E-state index contributed by atoms with van der Waals surface area (Å²) in [6.45, 7) is -0.118. The molecule has 0 radical (unpaired) electrons. The van der Waals surface area contributed by atoms with Crippen LogP contribution in [0.25, 0.3) is 0 Å². The molecule has 0 bridgehead atoms. The number of hydrogen-bond donors (Lipinski definition) is 1. The molecule has 1 heterocycles. The third-order valence-electron chi connectivity index (χ3n) is 4.43. The molecule has 9 heteroatoms. The number of carbonyl (C=O) groups is 1. The number of benzene rings is 2. The number of ether oxygens (including phenoxy) is 2. The van der Waals surface area contributed by atoms with Crippen molar-refractivity contribution in [3.8, 4) is 11.5 Å². The van der Waals surface area contributed by atoms with E-state index in [-0.39, 0.29) is 17.1 Å². The molecule has 2 aromatic carbocycles. The van der Waals surface area contributed by atoms with Crippen molar-refractivity contribution in [3.63, 3.8) is 0 Å². The molecule has 0 aliphatic rings. The van der Waals surface area contributed by atoms with Gasteiger partial charge in [0.25, 0.3) is 0 Å². The van der Waals surface area contributed by atoms with Gasteiger partial charge in [-0.25, -0.2) is 4.79 Å². The Morgan fingerprint density at radius 2 is 1.90 bits per heavy atom. The highest BCUT2D eigenvalue weighted by molar-refractivity contribution is 7.09. The van der Waals surface area contributed by atoms with Crippen LogP contribution >= 0.6 is 11.3 Å². The van der Waals surface area contributed by atoms with Crippen molar-refractivity contribution in [3.05, 3.63) is 64.6 Å². The number of thiazole rings is 1. The fourth-order valence-electron chi connectivity index (χ4n) is 2.89. The number of nitrogens with zero attached hydrogens (tertiary/aromatic N) is 2. The predicted molar refractivity (Wildman–Crippen MR) is 115 cm³/mol. The van der Waals surface area contributed by atoms with Crippen molar-refractivity contribution in [1.82, 2.24) is 4.98 Å². The molecule has 0 aliphatic heterocycles. The van der Waals surface area contributed by atoms with Gasteiger partial charge < -0.3 is 19.5 Å². The standard InChI is InChI=1S/C22H22F2N2O4S/c1-2-3-10-29-20-11-17(8-9-19(20)30-22(23)24)26(13-18-12-25-14-31-18)16-6-4-15(5-7-16)21(27)28/h4-9,11-12,14,22H,2-3,10,13H2,1H3,(H,27,28). The quantitative estimate of drug-likeness (QED) is 0.365. The molecule has 164 valence electrons.